The Morgan fingerprint density at radius 1 is 1.21 bits per heavy atom. The number of aromatic amines is 1. The van der Waals surface area contributed by atoms with Crippen molar-refractivity contribution >= 4 is 23.4 Å². The lowest BCUT2D eigenvalue weighted by molar-refractivity contribution is -0.137. The van der Waals surface area contributed by atoms with Crippen LogP contribution in [0.15, 0.2) is 58.5 Å². The van der Waals surface area contributed by atoms with Crippen molar-refractivity contribution in [3.63, 3.8) is 0 Å². The first-order valence-corrected chi connectivity index (χ1v) is 11.4. The maximum absolute atomic E-state index is 13.0. The molecule has 0 fully saturated rings. The average molecular weight is 474 g/mol. The molecule has 0 spiro atoms. The van der Waals surface area contributed by atoms with Crippen molar-refractivity contribution in [2.75, 3.05) is 11.1 Å². The van der Waals surface area contributed by atoms with E-state index in [0.29, 0.717) is 11.3 Å². The molecule has 4 rings (SSSR count). The lowest BCUT2D eigenvalue weighted by atomic mass is 9.69. The van der Waals surface area contributed by atoms with Crippen molar-refractivity contribution in [2.24, 2.45) is 0 Å². The van der Waals surface area contributed by atoms with Crippen LogP contribution in [0.3, 0.4) is 0 Å². The van der Waals surface area contributed by atoms with Gasteiger partial charge in [0, 0.05) is 22.2 Å². The number of hydrogen-bond acceptors (Lipinski definition) is 4. The molecule has 0 bridgehead atoms. The first-order valence-electron chi connectivity index (χ1n) is 10.4. The predicted molar refractivity (Wildman–Crippen MR) is 122 cm³/mol. The summed E-state index contributed by atoms with van der Waals surface area (Å²) in [5.74, 6) is -0.622. The molecule has 3 aromatic rings. The van der Waals surface area contributed by atoms with Crippen LogP contribution in [0.2, 0.25) is 0 Å². The number of fused-ring (bicyclic) bond motifs is 3. The fourth-order valence-electron chi connectivity index (χ4n) is 4.10. The number of alkyl halides is 3. The van der Waals surface area contributed by atoms with Crippen LogP contribution in [0.25, 0.3) is 11.3 Å². The second-order valence-electron chi connectivity index (χ2n) is 8.26. The number of amides is 1. The highest BCUT2D eigenvalue weighted by atomic mass is 32.2. The van der Waals surface area contributed by atoms with E-state index in [0.717, 1.165) is 47.9 Å². The third kappa shape index (κ3) is 4.68. The number of carbonyl (C=O) groups excluding carboxylic acids is 1. The summed E-state index contributed by atoms with van der Waals surface area (Å²) >= 11 is 1.03. The van der Waals surface area contributed by atoms with E-state index in [1.54, 1.807) is 0 Å². The van der Waals surface area contributed by atoms with Gasteiger partial charge in [0.15, 0.2) is 5.16 Å². The number of benzene rings is 2. The first-order chi connectivity index (χ1) is 15.6. The summed E-state index contributed by atoms with van der Waals surface area (Å²) in [5.41, 5.74) is 1.90. The van der Waals surface area contributed by atoms with E-state index >= 15 is 0 Å². The fourth-order valence-corrected chi connectivity index (χ4v) is 4.76. The van der Waals surface area contributed by atoms with Gasteiger partial charge in [-0.2, -0.15) is 13.2 Å². The Morgan fingerprint density at radius 3 is 2.70 bits per heavy atom. The first kappa shape index (κ1) is 23.1. The number of nitrogens with one attached hydrogen (secondary N) is 2. The molecule has 33 heavy (non-hydrogen) atoms. The van der Waals surface area contributed by atoms with Crippen LogP contribution in [-0.4, -0.2) is 21.6 Å². The van der Waals surface area contributed by atoms with Gasteiger partial charge in [-0.15, -0.1) is 0 Å². The number of nitrogens with zero attached hydrogens (tertiary/aromatic N) is 1. The second-order valence-corrected chi connectivity index (χ2v) is 9.22. The molecule has 9 heteroatoms. The number of carbonyl (C=O) groups is 1. The summed E-state index contributed by atoms with van der Waals surface area (Å²) < 4.78 is 38.6. The van der Waals surface area contributed by atoms with Gasteiger partial charge in [-0.25, -0.2) is 4.98 Å². The van der Waals surface area contributed by atoms with Crippen LogP contribution in [-0.2, 0) is 22.8 Å². The average Bonchev–Trinajstić information content (AvgIpc) is 2.77. The molecule has 1 aliphatic carbocycles. The topological polar surface area (TPSA) is 74.8 Å². The molecule has 0 saturated carbocycles. The van der Waals surface area contributed by atoms with Crippen molar-refractivity contribution < 1.29 is 18.0 Å². The van der Waals surface area contributed by atoms with Gasteiger partial charge >= 0.3 is 6.18 Å². The standard InChI is InChI=1S/C24H22F3N3O2S/c1-3-23(2)12-14-7-4-5-10-17(14)20-19(23)21(32)30-22(29-20)33-13-18(31)28-16-9-6-8-15(11-16)24(25,26)27/h4-11H,3,12-13H2,1-2H3,(H,28,31)(H,29,30,32)/t23-/m1/s1. The highest BCUT2D eigenvalue weighted by Crippen LogP contribution is 2.42. The van der Waals surface area contributed by atoms with E-state index in [4.69, 9.17) is 0 Å². The van der Waals surface area contributed by atoms with Crippen LogP contribution < -0.4 is 10.9 Å². The third-order valence-corrected chi connectivity index (χ3v) is 6.82. The zero-order chi connectivity index (χ0) is 23.8. The van der Waals surface area contributed by atoms with Crippen molar-refractivity contribution in [2.45, 2.75) is 43.4 Å². The van der Waals surface area contributed by atoms with E-state index in [1.807, 2.05) is 38.1 Å². The number of halogens is 3. The number of aromatic nitrogens is 2. The summed E-state index contributed by atoms with van der Waals surface area (Å²) in [6.07, 6.45) is -2.99. The van der Waals surface area contributed by atoms with E-state index in [2.05, 4.69) is 15.3 Å². The summed E-state index contributed by atoms with van der Waals surface area (Å²) in [6.45, 7) is 4.09. The maximum atomic E-state index is 13.0. The summed E-state index contributed by atoms with van der Waals surface area (Å²) in [4.78, 5) is 32.8. The van der Waals surface area contributed by atoms with E-state index in [9.17, 15) is 22.8 Å². The molecule has 0 saturated heterocycles. The quantitative estimate of drug-likeness (QED) is 0.384. The highest BCUT2D eigenvalue weighted by Gasteiger charge is 2.37. The minimum atomic E-state index is -4.49. The SMILES string of the molecule is CC[C@]1(C)Cc2ccccc2-c2nc(SCC(=O)Nc3cccc(C(F)(F)F)c3)[nH]c(=O)c21. The van der Waals surface area contributed by atoms with Crippen molar-refractivity contribution in [3.8, 4) is 11.3 Å². The molecule has 2 N–H and O–H groups in total. The molecule has 0 radical (unpaired) electrons. The summed E-state index contributed by atoms with van der Waals surface area (Å²) in [6, 6.07) is 12.3. The predicted octanol–water partition coefficient (Wildman–Crippen LogP) is 5.41. The van der Waals surface area contributed by atoms with E-state index in [1.165, 1.54) is 12.1 Å². The van der Waals surface area contributed by atoms with Gasteiger partial charge in [0.25, 0.3) is 5.56 Å². The molecule has 172 valence electrons. The number of H-pyrrole nitrogens is 1. The van der Waals surface area contributed by atoms with Crippen LogP contribution in [0.5, 0.6) is 0 Å². The maximum Gasteiger partial charge on any atom is 0.416 e. The number of hydrogen-bond donors (Lipinski definition) is 2. The van der Waals surface area contributed by atoms with Crippen molar-refractivity contribution in [3.05, 3.63) is 75.6 Å². The van der Waals surface area contributed by atoms with Crippen LogP contribution in [0.1, 0.15) is 37.0 Å². The number of thioether (sulfide) groups is 1. The van der Waals surface area contributed by atoms with Crippen molar-refractivity contribution in [1.29, 1.82) is 0 Å². The molecule has 1 aliphatic rings. The minimum absolute atomic E-state index is 0.0509. The summed E-state index contributed by atoms with van der Waals surface area (Å²) in [5, 5.41) is 2.75. The van der Waals surface area contributed by atoms with Crippen LogP contribution >= 0.6 is 11.8 Å². The minimum Gasteiger partial charge on any atom is -0.325 e. The van der Waals surface area contributed by atoms with E-state index in [-0.39, 0.29) is 27.6 Å². The Balaban J connectivity index is 1.56. The monoisotopic (exact) mass is 473 g/mol. The van der Waals surface area contributed by atoms with Gasteiger partial charge < -0.3 is 10.3 Å². The summed E-state index contributed by atoms with van der Waals surface area (Å²) in [7, 11) is 0. The zero-order valence-electron chi connectivity index (χ0n) is 18.0. The van der Waals surface area contributed by atoms with E-state index < -0.39 is 17.6 Å². The molecule has 1 heterocycles. The Labute approximate surface area is 192 Å². The smallest absolute Gasteiger partial charge is 0.325 e. The van der Waals surface area contributed by atoms with Gasteiger partial charge in [-0.3, -0.25) is 9.59 Å². The molecule has 1 atom stereocenters. The molecule has 0 unspecified atom stereocenters. The number of rotatable bonds is 5. The Bertz CT molecular complexity index is 1270. The van der Waals surface area contributed by atoms with Gasteiger partial charge in [0.2, 0.25) is 5.91 Å². The molecule has 1 amide bonds. The molecule has 1 aromatic heterocycles. The van der Waals surface area contributed by atoms with Gasteiger partial charge in [0.05, 0.1) is 17.0 Å². The second kappa shape index (κ2) is 8.70. The fraction of sp³-hybridized carbons (Fsp3) is 0.292. The molecule has 2 aromatic carbocycles. The van der Waals surface area contributed by atoms with Gasteiger partial charge in [-0.05, 0) is 36.6 Å². The lowest BCUT2D eigenvalue weighted by Crippen LogP contribution is -2.36. The normalized spacial score (nSPS) is 17.2. The van der Waals surface area contributed by atoms with Gasteiger partial charge in [0.1, 0.15) is 0 Å². The molecule has 0 aliphatic heterocycles. The highest BCUT2D eigenvalue weighted by molar-refractivity contribution is 7.99. The molecular formula is C24H22F3N3O2S. The Kier molecular flexibility index (Phi) is 6.09. The van der Waals surface area contributed by atoms with Crippen LogP contribution in [0, 0.1) is 0 Å². The number of anilines is 1. The van der Waals surface area contributed by atoms with Crippen molar-refractivity contribution in [1.82, 2.24) is 9.97 Å². The third-order valence-electron chi connectivity index (χ3n) is 5.95. The Hall–Kier alpha value is -3.07. The lowest BCUT2D eigenvalue weighted by Gasteiger charge is -2.34. The Morgan fingerprint density at radius 2 is 1.97 bits per heavy atom. The van der Waals surface area contributed by atoms with Crippen LogP contribution in [0.4, 0.5) is 18.9 Å². The largest absolute Gasteiger partial charge is 0.416 e. The molecule has 5 nitrogen and oxygen atoms in total. The van der Waals surface area contributed by atoms with Gasteiger partial charge in [-0.1, -0.05) is 55.9 Å². The zero-order valence-corrected chi connectivity index (χ0v) is 18.9. The molecular weight excluding hydrogens is 451 g/mol.